The van der Waals surface area contributed by atoms with Gasteiger partial charge < -0.3 is 23.5 Å². The first-order chi connectivity index (χ1) is 15.1. The van der Waals surface area contributed by atoms with Gasteiger partial charge in [0.05, 0.1) is 25.0 Å². The van der Waals surface area contributed by atoms with Crippen LogP contribution in [0.15, 0.2) is 48.8 Å². The van der Waals surface area contributed by atoms with Crippen molar-refractivity contribution in [1.82, 2.24) is 9.55 Å². The van der Waals surface area contributed by atoms with Gasteiger partial charge in [-0.05, 0) is 43.2 Å². The van der Waals surface area contributed by atoms with Crippen LogP contribution >= 0.6 is 0 Å². The Morgan fingerprint density at radius 3 is 2.81 bits per heavy atom. The van der Waals surface area contributed by atoms with Crippen molar-refractivity contribution < 1.29 is 23.3 Å². The van der Waals surface area contributed by atoms with Crippen molar-refractivity contribution in [2.24, 2.45) is 0 Å². The topological polar surface area (TPSA) is 54.7 Å². The monoisotopic (exact) mass is 426 g/mol. The highest BCUT2D eigenvalue weighted by atomic mass is 19.1. The van der Waals surface area contributed by atoms with Crippen molar-refractivity contribution >= 4 is 0 Å². The van der Waals surface area contributed by atoms with Crippen LogP contribution < -0.4 is 9.47 Å². The SMILES string of the molecule is COc1cc(-n2ccnc2C)ccc1COc1cc(F)cc(C2CC(OC)CCO2)c1. The number of ether oxygens (including phenoxy) is 4. The molecule has 0 saturated carbocycles. The first-order valence-corrected chi connectivity index (χ1v) is 10.3. The summed E-state index contributed by atoms with van der Waals surface area (Å²) in [5.74, 6) is 1.68. The maximum Gasteiger partial charge on any atom is 0.127 e. The fourth-order valence-corrected chi connectivity index (χ4v) is 3.88. The Labute approximate surface area is 181 Å². The molecule has 1 aromatic heterocycles. The Morgan fingerprint density at radius 2 is 2.06 bits per heavy atom. The lowest BCUT2D eigenvalue weighted by atomic mass is 9.99. The number of nitrogens with zero attached hydrogens (tertiary/aromatic N) is 2. The molecular weight excluding hydrogens is 399 g/mol. The van der Waals surface area contributed by atoms with Crippen LogP contribution in [0, 0.1) is 12.7 Å². The molecule has 0 bridgehead atoms. The van der Waals surface area contributed by atoms with Crippen molar-refractivity contribution in [3.63, 3.8) is 0 Å². The maximum absolute atomic E-state index is 14.3. The Morgan fingerprint density at radius 1 is 1.19 bits per heavy atom. The Hall–Kier alpha value is -2.90. The molecule has 0 N–H and O–H groups in total. The van der Waals surface area contributed by atoms with E-state index >= 15 is 0 Å². The van der Waals surface area contributed by atoms with Gasteiger partial charge in [-0.1, -0.05) is 0 Å². The molecule has 1 aliphatic rings. The second-order valence-electron chi connectivity index (χ2n) is 7.59. The number of benzene rings is 2. The zero-order chi connectivity index (χ0) is 21.8. The minimum Gasteiger partial charge on any atom is -0.496 e. The fraction of sp³-hybridized carbons (Fsp3) is 0.375. The molecule has 0 amide bonds. The highest BCUT2D eigenvalue weighted by Crippen LogP contribution is 2.32. The molecule has 4 rings (SSSR count). The van der Waals surface area contributed by atoms with E-state index in [4.69, 9.17) is 18.9 Å². The van der Waals surface area contributed by atoms with Crippen LogP contribution in [-0.2, 0) is 16.1 Å². The standard InChI is InChI=1S/C24H27FN2O4/c1-16-26-7-8-27(16)20-5-4-17(23(13-20)29-3)15-31-22-11-18(10-19(25)12-22)24-14-21(28-2)6-9-30-24/h4-5,7-8,10-13,21,24H,6,9,14-15H2,1-3H3. The van der Waals surface area contributed by atoms with Crippen molar-refractivity contribution in [3.8, 4) is 17.2 Å². The van der Waals surface area contributed by atoms with Gasteiger partial charge in [-0.25, -0.2) is 9.37 Å². The van der Waals surface area contributed by atoms with Crippen LogP contribution in [-0.4, -0.2) is 36.5 Å². The van der Waals surface area contributed by atoms with E-state index in [1.807, 2.05) is 42.0 Å². The van der Waals surface area contributed by atoms with Gasteiger partial charge in [-0.2, -0.15) is 0 Å². The highest BCUT2D eigenvalue weighted by Gasteiger charge is 2.24. The molecule has 7 heteroatoms. The van der Waals surface area contributed by atoms with E-state index in [0.717, 1.165) is 29.1 Å². The second-order valence-corrected chi connectivity index (χ2v) is 7.59. The third-order valence-corrected chi connectivity index (χ3v) is 5.60. The number of methoxy groups -OCH3 is 2. The number of halogens is 1. The summed E-state index contributed by atoms with van der Waals surface area (Å²) in [4.78, 5) is 4.26. The average molecular weight is 426 g/mol. The smallest absolute Gasteiger partial charge is 0.127 e. The van der Waals surface area contributed by atoms with Gasteiger partial charge in [-0.3, -0.25) is 0 Å². The molecule has 0 aliphatic carbocycles. The molecule has 0 radical (unpaired) electrons. The van der Waals surface area contributed by atoms with Crippen LogP contribution in [0.5, 0.6) is 11.5 Å². The van der Waals surface area contributed by atoms with Crippen LogP contribution in [0.3, 0.4) is 0 Å². The average Bonchev–Trinajstić information content (AvgIpc) is 3.23. The van der Waals surface area contributed by atoms with E-state index in [1.54, 1.807) is 20.4 Å². The van der Waals surface area contributed by atoms with E-state index in [-0.39, 0.29) is 24.6 Å². The summed E-state index contributed by atoms with van der Waals surface area (Å²) in [5, 5.41) is 0. The summed E-state index contributed by atoms with van der Waals surface area (Å²) in [6, 6.07) is 10.6. The van der Waals surface area contributed by atoms with Crippen LogP contribution in [0.2, 0.25) is 0 Å². The lowest BCUT2D eigenvalue weighted by Gasteiger charge is -2.29. The van der Waals surface area contributed by atoms with E-state index in [9.17, 15) is 4.39 Å². The quantitative estimate of drug-likeness (QED) is 0.545. The largest absolute Gasteiger partial charge is 0.496 e. The van der Waals surface area contributed by atoms with Crippen LogP contribution in [0.25, 0.3) is 5.69 Å². The van der Waals surface area contributed by atoms with E-state index in [1.165, 1.54) is 12.1 Å². The molecule has 2 unspecified atom stereocenters. The number of hydrogen-bond donors (Lipinski definition) is 0. The number of hydrogen-bond acceptors (Lipinski definition) is 5. The summed E-state index contributed by atoms with van der Waals surface area (Å²) >= 11 is 0. The second kappa shape index (κ2) is 9.49. The van der Waals surface area contributed by atoms with E-state index in [2.05, 4.69) is 4.98 Å². The number of rotatable bonds is 7. The third kappa shape index (κ3) is 4.89. The molecule has 3 aromatic rings. The Bertz CT molecular complexity index is 1040. The lowest BCUT2D eigenvalue weighted by Crippen LogP contribution is -2.25. The fourth-order valence-electron chi connectivity index (χ4n) is 3.88. The molecule has 31 heavy (non-hydrogen) atoms. The Balaban J connectivity index is 1.50. The zero-order valence-electron chi connectivity index (χ0n) is 18.0. The predicted octanol–water partition coefficient (Wildman–Crippen LogP) is 4.77. The molecule has 1 aliphatic heterocycles. The molecule has 6 nitrogen and oxygen atoms in total. The van der Waals surface area contributed by atoms with Gasteiger partial charge >= 0.3 is 0 Å². The van der Waals surface area contributed by atoms with Crippen molar-refractivity contribution in [3.05, 3.63) is 71.6 Å². The number of imidazole rings is 1. The molecule has 2 atom stereocenters. The summed E-state index contributed by atoms with van der Waals surface area (Å²) < 4.78 is 39.0. The summed E-state index contributed by atoms with van der Waals surface area (Å²) in [5.41, 5.74) is 2.57. The number of aromatic nitrogens is 2. The van der Waals surface area contributed by atoms with Gasteiger partial charge in [0.25, 0.3) is 0 Å². The molecule has 164 valence electrons. The van der Waals surface area contributed by atoms with Crippen molar-refractivity contribution in [1.29, 1.82) is 0 Å². The first-order valence-electron chi connectivity index (χ1n) is 10.3. The summed E-state index contributed by atoms with van der Waals surface area (Å²) in [6.07, 6.45) is 5.11. The lowest BCUT2D eigenvalue weighted by molar-refractivity contribution is -0.0600. The first kappa shape index (κ1) is 21.3. The van der Waals surface area contributed by atoms with Gasteiger partial charge in [0.1, 0.15) is 29.7 Å². The number of aryl methyl sites for hydroxylation is 1. The van der Waals surface area contributed by atoms with Crippen LogP contribution in [0.1, 0.15) is 35.9 Å². The van der Waals surface area contributed by atoms with Gasteiger partial charge in [0, 0.05) is 50.2 Å². The Kier molecular flexibility index (Phi) is 6.53. The third-order valence-electron chi connectivity index (χ3n) is 5.60. The van der Waals surface area contributed by atoms with E-state index in [0.29, 0.717) is 24.5 Å². The van der Waals surface area contributed by atoms with Crippen molar-refractivity contribution in [2.45, 2.75) is 38.6 Å². The molecule has 0 spiro atoms. The molecule has 2 heterocycles. The predicted molar refractivity (Wildman–Crippen MR) is 114 cm³/mol. The zero-order valence-corrected chi connectivity index (χ0v) is 18.0. The molecular formula is C24H27FN2O4. The molecule has 1 fully saturated rings. The summed E-state index contributed by atoms with van der Waals surface area (Å²) in [6.45, 7) is 2.78. The van der Waals surface area contributed by atoms with Gasteiger partial charge in [0.15, 0.2) is 0 Å². The van der Waals surface area contributed by atoms with Crippen molar-refractivity contribution in [2.75, 3.05) is 20.8 Å². The minimum absolute atomic E-state index is 0.119. The van der Waals surface area contributed by atoms with Gasteiger partial charge in [0.2, 0.25) is 0 Å². The van der Waals surface area contributed by atoms with Gasteiger partial charge in [-0.15, -0.1) is 0 Å². The summed E-state index contributed by atoms with van der Waals surface area (Å²) in [7, 11) is 3.32. The molecule has 2 aromatic carbocycles. The maximum atomic E-state index is 14.3. The van der Waals surface area contributed by atoms with Crippen LogP contribution in [0.4, 0.5) is 4.39 Å². The molecule has 1 saturated heterocycles. The minimum atomic E-state index is -0.353. The highest BCUT2D eigenvalue weighted by molar-refractivity contribution is 5.45. The van der Waals surface area contributed by atoms with E-state index < -0.39 is 0 Å². The normalized spacial score (nSPS) is 18.7.